The zero-order valence-electron chi connectivity index (χ0n) is 9.30. The van der Waals surface area contributed by atoms with Crippen LogP contribution >= 0.6 is 15.9 Å². The molecule has 0 unspecified atom stereocenters. The van der Waals surface area contributed by atoms with Gasteiger partial charge in [0.05, 0.1) is 0 Å². The molecule has 0 spiro atoms. The minimum absolute atomic E-state index is 0.0379. The van der Waals surface area contributed by atoms with Crippen LogP contribution in [-0.4, -0.2) is 5.91 Å². The lowest BCUT2D eigenvalue weighted by Crippen LogP contribution is -2.27. The molecule has 2 nitrogen and oxygen atoms in total. The van der Waals surface area contributed by atoms with Crippen LogP contribution in [0, 0.1) is 5.41 Å². The summed E-state index contributed by atoms with van der Waals surface area (Å²) in [6.45, 7) is 5.71. The number of anilines is 1. The van der Waals surface area contributed by atoms with Crippen LogP contribution in [0.2, 0.25) is 0 Å². The number of carbonyl (C=O) groups excluding carboxylic acids is 1. The molecule has 1 N–H and O–H groups in total. The molecule has 1 aromatic carbocycles. The summed E-state index contributed by atoms with van der Waals surface area (Å²) in [6, 6.07) is 7.79. The largest absolute Gasteiger partial charge is 0.325 e. The molecule has 0 aliphatic heterocycles. The molecule has 1 rings (SSSR count). The predicted molar refractivity (Wildman–Crippen MR) is 67.2 cm³/mol. The van der Waals surface area contributed by atoms with Crippen LogP contribution in [-0.2, 0) is 10.1 Å². The van der Waals surface area contributed by atoms with Crippen LogP contribution < -0.4 is 5.32 Å². The Hall–Kier alpha value is -0.830. The second-order valence-electron chi connectivity index (χ2n) is 4.49. The number of alkyl halides is 1. The van der Waals surface area contributed by atoms with E-state index in [9.17, 15) is 4.79 Å². The zero-order valence-corrected chi connectivity index (χ0v) is 10.9. The van der Waals surface area contributed by atoms with Gasteiger partial charge in [-0.1, -0.05) is 54.9 Å². The normalized spacial score (nSPS) is 11.2. The van der Waals surface area contributed by atoms with E-state index in [1.807, 2.05) is 45.0 Å². The number of nitrogens with one attached hydrogen (secondary N) is 1. The van der Waals surface area contributed by atoms with Crippen LogP contribution in [0.25, 0.3) is 0 Å². The van der Waals surface area contributed by atoms with Gasteiger partial charge in [0.2, 0.25) is 5.91 Å². The van der Waals surface area contributed by atoms with Crippen molar-refractivity contribution in [3.8, 4) is 0 Å². The van der Waals surface area contributed by atoms with E-state index in [2.05, 4.69) is 21.2 Å². The topological polar surface area (TPSA) is 29.1 Å². The van der Waals surface area contributed by atoms with Crippen molar-refractivity contribution in [2.24, 2.45) is 5.41 Å². The number of benzene rings is 1. The SMILES string of the molecule is CC(C)(C)C(=O)Nc1ccccc1CBr. The Bertz CT molecular complexity index is 355. The molecule has 1 aromatic rings. The Morgan fingerprint density at radius 1 is 1.33 bits per heavy atom. The van der Waals surface area contributed by atoms with E-state index in [1.54, 1.807) is 0 Å². The molecule has 0 saturated heterocycles. The van der Waals surface area contributed by atoms with Crippen molar-refractivity contribution in [3.63, 3.8) is 0 Å². The molecule has 0 aliphatic rings. The van der Waals surface area contributed by atoms with Crippen molar-refractivity contribution < 1.29 is 4.79 Å². The minimum Gasteiger partial charge on any atom is -0.325 e. The van der Waals surface area contributed by atoms with Gasteiger partial charge >= 0.3 is 0 Å². The summed E-state index contributed by atoms with van der Waals surface area (Å²) in [5, 5.41) is 3.68. The van der Waals surface area contributed by atoms with E-state index in [0.717, 1.165) is 16.6 Å². The highest BCUT2D eigenvalue weighted by Crippen LogP contribution is 2.21. The van der Waals surface area contributed by atoms with Gasteiger partial charge in [0.15, 0.2) is 0 Å². The fourth-order valence-electron chi connectivity index (χ4n) is 1.07. The first kappa shape index (κ1) is 12.2. The van der Waals surface area contributed by atoms with E-state index in [0.29, 0.717) is 0 Å². The summed E-state index contributed by atoms with van der Waals surface area (Å²) in [5.74, 6) is 0.0379. The first-order chi connectivity index (χ1) is 6.95. The summed E-state index contributed by atoms with van der Waals surface area (Å²) in [7, 11) is 0. The molecular weight excluding hydrogens is 254 g/mol. The Kier molecular flexibility index (Phi) is 3.91. The highest BCUT2D eigenvalue weighted by Gasteiger charge is 2.21. The fraction of sp³-hybridized carbons (Fsp3) is 0.417. The average molecular weight is 270 g/mol. The summed E-state index contributed by atoms with van der Waals surface area (Å²) in [5.41, 5.74) is 1.61. The number of halogens is 1. The highest BCUT2D eigenvalue weighted by molar-refractivity contribution is 9.08. The third-order valence-corrected chi connectivity index (χ3v) is 2.69. The number of para-hydroxylation sites is 1. The van der Waals surface area contributed by atoms with E-state index < -0.39 is 0 Å². The van der Waals surface area contributed by atoms with E-state index in [-0.39, 0.29) is 11.3 Å². The Balaban J connectivity index is 2.85. The number of hydrogen-bond donors (Lipinski definition) is 1. The van der Waals surface area contributed by atoms with Crippen LogP contribution in [0.15, 0.2) is 24.3 Å². The quantitative estimate of drug-likeness (QED) is 0.818. The highest BCUT2D eigenvalue weighted by atomic mass is 79.9. The van der Waals surface area contributed by atoms with Gasteiger partial charge in [0.1, 0.15) is 0 Å². The van der Waals surface area contributed by atoms with Crippen LogP contribution in [0.1, 0.15) is 26.3 Å². The van der Waals surface area contributed by atoms with Gasteiger partial charge in [-0.3, -0.25) is 4.79 Å². The molecule has 0 heterocycles. The van der Waals surface area contributed by atoms with Crippen LogP contribution in [0.4, 0.5) is 5.69 Å². The van der Waals surface area contributed by atoms with Gasteiger partial charge in [-0.05, 0) is 11.6 Å². The monoisotopic (exact) mass is 269 g/mol. The maximum Gasteiger partial charge on any atom is 0.229 e. The maximum atomic E-state index is 11.8. The molecule has 0 aromatic heterocycles. The molecule has 0 bridgehead atoms. The summed E-state index contributed by atoms with van der Waals surface area (Å²) in [6.07, 6.45) is 0. The molecule has 82 valence electrons. The lowest BCUT2D eigenvalue weighted by molar-refractivity contribution is -0.123. The van der Waals surface area contributed by atoms with E-state index in [4.69, 9.17) is 0 Å². The van der Waals surface area contributed by atoms with E-state index in [1.165, 1.54) is 0 Å². The standard InChI is InChI=1S/C12H16BrNO/c1-12(2,3)11(15)14-10-7-5-4-6-9(10)8-13/h4-7H,8H2,1-3H3,(H,14,15). The van der Waals surface area contributed by atoms with Gasteiger partial charge in [0.25, 0.3) is 0 Å². The number of rotatable bonds is 2. The third kappa shape index (κ3) is 3.34. The molecule has 0 atom stereocenters. The van der Waals surface area contributed by atoms with Crippen molar-refractivity contribution in [1.29, 1.82) is 0 Å². The van der Waals surface area contributed by atoms with Crippen LogP contribution in [0.3, 0.4) is 0 Å². The van der Waals surface area contributed by atoms with Crippen LogP contribution in [0.5, 0.6) is 0 Å². The van der Waals surface area contributed by atoms with Crippen molar-refractivity contribution in [1.82, 2.24) is 0 Å². The molecule has 0 radical (unpaired) electrons. The Labute approximate surface area is 99.2 Å². The van der Waals surface area contributed by atoms with Gasteiger partial charge < -0.3 is 5.32 Å². The molecule has 0 aliphatic carbocycles. The number of carbonyl (C=O) groups is 1. The zero-order chi connectivity index (χ0) is 11.5. The smallest absolute Gasteiger partial charge is 0.229 e. The Morgan fingerprint density at radius 2 is 1.93 bits per heavy atom. The fourth-order valence-corrected chi connectivity index (χ4v) is 1.56. The summed E-state index contributed by atoms with van der Waals surface area (Å²) in [4.78, 5) is 11.8. The molecule has 0 saturated carbocycles. The van der Waals surface area contributed by atoms with Crippen molar-refractivity contribution in [3.05, 3.63) is 29.8 Å². The number of hydrogen-bond acceptors (Lipinski definition) is 1. The van der Waals surface area contributed by atoms with Crippen molar-refractivity contribution >= 4 is 27.5 Å². The van der Waals surface area contributed by atoms with Gasteiger partial charge in [-0.2, -0.15) is 0 Å². The molecule has 0 fully saturated rings. The number of amides is 1. The molecular formula is C12H16BrNO. The van der Waals surface area contributed by atoms with Gasteiger partial charge in [-0.15, -0.1) is 0 Å². The lowest BCUT2D eigenvalue weighted by atomic mass is 9.95. The second kappa shape index (κ2) is 4.79. The maximum absolute atomic E-state index is 11.8. The average Bonchev–Trinajstić information content (AvgIpc) is 2.17. The second-order valence-corrected chi connectivity index (χ2v) is 5.06. The molecule has 3 heteroatoms. The molecule has 15 heavy (non-hydrogen) atoms. The van der Waals surface area contributed by atoms with E-state index >= 15 is 0 Å². The van der Waals surface area contributed by atoms with Crippen molar-refractivity contribution in [2.45, 2.75) is 26.1 Å². The lowest BCUT2D eigenvalue weighted by Gasteiger charge is -2.18. The molecule has 1 amide bonds. The van der Waals surface area contributed by atoms with Gasteiger partial charge in [0, 0.05) is 16.4 Å². The first-order valence-corrected chi connectivity index (χ1v) is 6.02. The van der Waals surface area contributed by atoms with Crippen molar-refractivity contribution in [2.75, 3.05) is 5.32 Å². The third-order valence-electron chi connectivity index (χ3n) is 2.09. The van der Waals surface area contributed by atoms with Gasteiger partial charge in [-0.25, -0.2) is 0 Å². The predicted octanol–water partition coefficient (Wildman–Crippen LogP) is 3.57. The Morgan fingerprint density at radius 3 is 2.47 bits per heavy atom. The summed E-state index contributed by atoms with van der Waals surface area (Å²) >= 11 is 3.40. The first-order valence-electron chi connectivity index (χ1n) is 4.90. The summed E-state index contributed by atoms with van der Waals surface area (Å²) < 4.78 is 0. The minimum atomic E-state index is -0.362.